The highest BCUT2D eigenvalue weighted by molar-refractivity contribution is 7.99. The van der Waals surface area contributed by atoms with Gasteiger partial charge in [-0.05, 0) is 85.4 Å². The van der Waals surface area contributed by atoms with Crippen LogP contribution < -0.4 is 0 Å². The number of nitrogens with zero attached hydrogens (tertiary/aromatic N) is 4. The molecule has 4 nitrogen and oxygen atoms in total. The van der Waals surface area contributed by atoms with Crippen molar-refractivity contribution < 1.29 is 0 Å². The van der Waals surface area contributed by atoms with Crippen LogP contribution in [0.1, 0.15) is 225 Å². The molecule has 0 fully saturated rings. The standard InChI is InChI=1S/C29H46N2S.C28H44N2S/c1-3-5-7-9-11-12-14-16-18-26-24-30-29(31-25-26)27-19-21-28(22-20-27)32-23-17-15-13-10-8-6-4-2;1-3-5-7-9-11-13-15-17-25-23-29-28(30-24-25)26-18-20-27(21-19-26)31-22-16-14-12-10-8-6-4-2/h19-22,24-25H,3-18,23H2,1-2H3;18-21,23-24H,3-17,22H2,1-2H3. The number of aromatic nitrogens is 4. The lowest BCUT2D eigenvalue weighted by molar-refractivity contribution is 0.575. The largest absolute Gasteiger partial charge is 0.236 e. The second-order valence-electron chi connectivity index (χ2n) is 17.9. The van der Waals surface area contributed by atoms with Gasteiger partial charge in [0.25, 0.3) is 0 Å². The summed E-state index contributed by atoms with van der Waals surface area (Å²) in [5.74, 6) is 4.12. The summed E-state index contributed by atoms with van der Waals surface area (Å²) in [6, 6.07) is 17.5. The Morgan fingerprint density at radius 3 is 0.841 bits per heavy atom. The Labute approximate surface area is 396 Å². The van der Waals surface area contributed by atoms with Gasteiger partial charge in [-0.2, -0.15) is 0 Å². The quantitative estimate of drug-likeness (QED) is 0.0332. The molecule has 0 aliphatic heterocycles. The van der Waals surface area contributed by atoms with Gasteiger partial charge in [-0.1, -0.05) is 212 Å². The third kappa shape index (κ3) is 27.4. The summed E-state index contributed by atoms with van der Waals surface area (Å²) in [4.78, 5) is 21.2. The van der Waals surface area contributed by atoms with Gasteiger partial charge in [0.15, 0.2) is 11.6 Å². The maximum absolute atomic E-state index is 4.63. The lowest BCUT2D eigenvalue weighted by Gasteiger charge is -2.06. The lowest BCUT2D eigenvalue weighted by Crippen LogP contribution is -1.93. The summed E-state index contributed by atoms with van der Waals surface area (Å²) in [6.45, 7) is 9.11. The predicted molar refractivity (Wildman–Crippen MR) is 280 cm³/mol. The van der Waals surface area contributed by atoms with E-state index in [1.807, 2.05) is 48.3 Å². The highest BCUT2D eigenvalue weighted by Gasteiger charge is 2.05. The minimum Gasteiger partial charge on any atom is -0.236 e. The fraction of sp³-hybridized carbons (Fsp3) is 0.649. The Balaban J connectivity index is 0.000000335. The number of unbranched alkanes of at least 4 members (excludes halogenated alkanes) is 25. The van der Waals surface area contributed by atoms with Crippen molar-refractivity contribution in [2.24, 2.45) is 0 Å². The van der Waals surface area contributed by atoms with E-state index in [-0.39, 0.29) is 0 Å². The first kappa shape index (κ1) is 54.6. The molecule has 0 unspecified atom stereocenters. The number of benzene rings is 2. The maximum atomic E-state index is 4.63. The molecule has 350 valence electrons. The minimum absolute atomic E-state index is 0.840. The molecule has 0 aliphatic carbocycles. The average molecular weight is 896 g/mol. The first-order valence-corrected chi connectivity index (χ1v) is 28.2. The van der Waals surface area contributed by atoms with E-state index >= 15 is 0 Å². The van der Waals surface area contributed by atoms with Gasteiger partial charge >= 0.3 is 0 Å². The zero-order chi connectivity index (χ0) is 44.7. The summed E-state index contributed by atoms with van der Waals surface area (Å²) in [5.41, 5.74) is 4.76. The molecule has 2 aromatic heterocycles. The van der Waals surface area contributed by atoms with Crippen LogP contribution in [0.25, 0.3) is 22.8 Å². The van der Waals surface area contributed by atoms with Gasteiger partial charge in [0.2, 0.25) is 0 Å². The zero-order valence-corrected chi connectivity index (χ0v) is 42.5. The lowest BCUT2D eigenvalue weighted by atomic mass is 10.1. The molecule has 6 heteroatoms. The average Bonchev–Trinajstić information content (AvgIpc) is 3.32. The van der Waals surface area contributed by atoms with Gasteiger partial charge in [0.1, 0.15) is 0 Å². The summed E-state index contributed by atoms with van der Waals surface area (Å²) in [5, 5.41) is 0. The molecule has 0 atom stereocenters. The van der Waals surface area contributed by atoms with Gasteiger partial charge in [-0.25, -0.2) is 19.9 Å². The monoisotopic (exact) mass is 895 g/mol. The molecule has 0 saturated heterocycles. The Bertz CT molecular complexity index is 1530. The van der Waals surface area contributed by atoms with Gasteiger partial charge in [-0.3, -0.25) is 0 Å². The van der Waals surface area contributed by atoms with Crippen LogP contribution in [-0.4, -0.2) is 31.4 Å². The smallest absolute Gasteiger partial charge is 0.159 e. The van der Waals surface area contributed by atoms with Gasteiger partial charge < -0.3 is 0 Å². The van der Waals surface area contributed by atoms with Crippen molar-refractivity contribution in [2.45, 2.75) is 237 Å². The van der Waals surface area contributed by atoms with Crippen molar-refractivity contribution in [3.05, 3.63) is 84.4 Å². The minimum atomic E-state index is 0.840. The summed E-state index contributed by atoms with van der Waals surface area (Å²) in [6.07, 6.45) is 49.8. The van der Waals surface area contributed by atoms with E-state index in [1.54, 1.807) is 0 Å². The molecule has 0 aliphatic rings. The molecule has 2 aromatic carbocycles. The number of hydrogen-bond acceptors (Lipinski definition) is 6. The van der Waals surface area contributed by atoms with Crippen LogP contribution >= 0.6 is 23.5 Å². The van der Waals surface area contributed by atoms with Crippen molar-refractivity contribution >= 4 is 23.5 Å². The number of aryl methyl sites for hydroxylation is 2. The summed E-state index contributed by atoms with van der Waals surface area (Å²) in [7, 11) is 0. The van der Waals surface area contributed by atoms with Crippen molar-refractivity contribution in [3.63, 3.8) is 0 Å². The Hall–Kier alpha value is -2.70. The molecule has 0 amide bonds. The third-order valence-electron chi connectivity index (χ3n) is 12.1. The van der Waals surface area contributed by atoms with Crippen LogP contribution in [0.3, 0.4) is 0 Å². The van der Waals surface area contributed by atoms with E-state index < -0.39 is 0 Å². The highest BCUT2D eigenvalue weighted by atomic mass is 32.2. The maximum Gasteiger partial charge on any atom is 0.159 e. The normalized spacial score (nSPS) is 11.2. The predicted octanol–water partition coefficient (Wildman–Crippen LogP) is 18.9. The van der Waals surface area contributed by atoms with Gasteiger partial charge in [0.05, 0.1) is 0 Å². The molecule has 0 saturated carbocycles. The Morgan fingerprint density at radius 1 is 0.302 bits per heavy atom. The van der Waals surface area contributed by atoms with E-state index in [0.29, 0.717) is 0 Å². The van der Waals surface area contributed by atoms with Gasteiger partial charge in [-0.15, -0.1) is 23.5 Å². The van der Waals surface area contributed by atoms with E-state index in [1.165, 1.54) is 219 Å². The first-order valence-electron chi connectivity index (χ1n) is 26.2. The van der Waals surface area contributed by atoms with E-state index in [9.17, 15) is 0 Å². The molecular weight excluding hydrogens is 805 g/mol. The molecule has 2 heterocycles. The number of thioether (sulfide) groups is 2. The van der Waals surface area contributed by atoms with Crippen molar-refractivity contribution in [2.75, 3.05) is 11.5 Å². The second kappa shape index (κ2) is 38.6. The topological polar surface area (TPSA) is 51.6 Å². The fourth-order valence-electron chi connectivity index (χ4n) is 7.91. The SMILES string of the molecule is CCCCCCCCCCc1cnc(-c2ccc(SCCCCCCCCC)cc2)nc1.CCCCCCCCCSc1ccc(-c2ncc(CCCCCCCCC)cn2)cc1. The molecule has 0 radical (unpaired) electrons. The van der Waals surface area contributed by atoms with Crippen LogP contribution in [0.5, 0.6) is 0 Å². The van der Waals surface area contributed by atoms with Crippen LogP contribution in [0.15, 0.2) is 83.1 Å². The van der Waals surface area contributed by atoms with Crippen molar-refractivity contribution in [3.8, 4) is 22.8 Å². The molecule has 4 rings (SSSR count). The van der Waals surface area contributed by atoms with Crippen molar-refractivity contribution in [1.82, 2.24) is 19.9 Å². The fourth-order valence-corrected chi connectivity index (χ4v) is 9.74. The van der Waals surface area contributed by atoms with E-state index in [0.717, 1.165) is 35.6 Å². The number of hydrogen-bond donors (Lipinski definition) is 0. The first-order chi connectivity index (χ1) is 31.2. The highest BCUT2D eigenvalue weighted by Crippen LogP contribution is 2.26. The van der Waals surface area contributed by atoms with Crippen molar-refractivity contribution in [1.29, 1.82) is 0 Å². The van der Waals surface area contributed by atoms with Gasteiger partial charge in [0, 0.05) is 45.7 Å². The number of rotatable bonds is 37. The molecule has 0 N–H and O–H groups in total. The molecule has 4 aromatic rings. The molecular formula is C57H90N4S2. The van der Waals surface area contributed by atoms with Crippen LogP contribution in [0, 0.1) is 0 Å². The van der Waals surface area contributed by atoms with Crippen LogP contribution in [0.2, 0.25) is 0 Å². The summed E-state index contributed by atoms with van der Waals surface area (Å²) >= 11 is 3.94. The molecule has 0 spiro atoms. The molecule has 63 heavy (non-hydrogen) atoms. The Morgan fingerprint density at radius 2 is 0.556 bits per heavy atom. The van der Waals surface area contributed by atoms with Crippen LogP contribution in [-0.2, 0) is 12.8 Å². The van der Waals surface area contributed by atoms with E-state index in [4.69, 9.17) is 0 Å². The Kier molecular flexibility index (Phi) is 33.4. The zero-order valence-electron chi connectivity index (χ0n) is 40.9. The second-order valence-corrected chi connectivity index (χ2v) is 20.3. The van der Waals surface area contributed by atoms with E-state index in [2.05, 4.69) is 96.2 Å². The molecule has 0 bridgehead atoms. The third-order valence-corrected chi connectivity index (χ3v) is 14.3. The summed E-state index contributed by atoms with van der Waals surface area (Å²) < 4.78 is 0. The van der Waals surface area contributed by atoms with Crippen LogP contribution in [0.4, 0.5) is 0 Å².